The van der Waals surface area contributed by atoms with Crippen LogP contribution in [0.4, 0.5) is 5.69 Å². The maximum absolute atomic E-state index is 12.3. The van der Waals surface area contributed by atoms with Crippen LogP contribution in [-0.4, -0.2) is 13.0 Å². The Labute approximate surface area is 120 Å². The average molecular weight is 268 g/mol. The predicted molar refractivity (Wildman–Crippen MR) is 83.1 cm³/mol. The number of carbonyl (C=O) groups is 1. The summed E-state index contributed by atoms with van der Waals surface area (Å²) in [6.07, 6.45) is 0. The van der Waals surface area contributed by atoms with Crippen molar-refractivity contribution in [2.75, 3.05) is 12.4 Å². The number of aryl methyl sites for hydroxylation is 2. The zero-order valence-corrected chi connectivity index (χ0v) is 12.2. The summed E-state index contributed by atoms with van der Waals surface area (Å²) in [6, 6.07) is 13.7. The van der Waals surface area contributed by atoms with E-state index in [2.05, 4.69) is 16.7 Å². The van der Waals surface area contributed by atoms with Gasteiger partial charge in [-0.1, -0.05) is 35.4 Å². The molecule has 0 aromatic heterocycles. The molecule has 0 radical (unpaired) electrons. The van der Waals surface area contributed by atoms with Crippen molar-refractivity contribution in [3.05, 3.63) is 64.7 Å². The van der Waals surface area contributed by atoms with Crippen LogP contribution < -0.4 is 10.6 Å². The van der Waals surface area contributed by atoms with Crippen LogP contribution in [0.5, 0.6) is 0 Å². The van der Waals surface area contributed by atoms with Crippen molar-refractivity contribution in [2.24, 2.45) is 0 Å². The topological polar surface area (TPSA) is 41.1 Å². The van der Waals surface area contributed by atoms with E-state index in [0.29, 0.717) is 5.56 Å². The second-order valence-corrected chi connectivity index (χ2v) is 5.02. The molecule has 0 saturated heterocycles. The van der Waals surface area contributed by atoms with Crippen LogP contribution in [0.2, 0.25) is 0 Å². The number of hydrogen-bond acceptors (Lipinski definition) is 2. The van der Waals surface area contributed by atoms with Gasteiger partial charge in [0.05, 0.1) is 0 Å². The highest BCUT2D eigenvalue weighted by molar-refractivity contribution is 6.04. The van der Waals surface area contributed by atoms with Gasteiger partial charge in [0.1, 0.15) is 0 Å². The maximum Gasteiger partial charge on any atom is 0.255 e. The number of carbonyl (C=O) groups excluding carboxylic acids is 1. The van der Waals surface area contributed by atoms with Crippen LogP contribution in [0.1, 0.15) is 27.0 Å². The van der Waals surface area contributed by atoms with Crippen LogP contribution >= 0.6 is 0 Å². The van der Waals surface area contributed by atoms with E-state index in [1.54, 1.807) is 0 Å². The van der Waals surface area contributed by atoms with Crippen molar-refractivity contribution in [3.8, 4) is 0 Å². The molecule has 0 aliphatic rings. The number of para-hydroxylation sites is 1. The molecule has 2 rings (SSSR count). The Morgan fingerprint density at radius 3 is 2.35 bits per heavy atom. The van der Waals surface area contributed by atoms with E-state index in [1.807, 2.05) is 57.3 Å². The van der Waals surface area contributed by atoms with Crippen LogP contribution in [0.15, 0.2) is 42.5 Å². The van der Waals surface area contributed by atoms with Gasteiger partial charge >= 0.3 is 0 Å². The first kappa shape index (κ1) is 14.3. The van der Waals surface area contributed by atoms with Crippen molar-refractivity contribution in [1.82, 2.24) is 5.32 Å². The summed E-state index contributed by atoms with van der Waals surface area (Å²) in [5.74, 6) is -0.0691. The average Bonchev–Trinajstić information content (AvgIpc) is 2.40. The van der Waals surface area contributed by atoms with Crippen LogP contribution in [0.3, 0.4) is 0 Å². The fraction of sp³-hybridized carbons (Fsp3) is 0.235. The molecule has 2 aromatic carbocycles. The van der Waals surface area contributed by atoms with Crippen LogP contribution in [0, 0.1) is 13.8 Å². The minimum Gasteiger partial charge on any atom is -0.322 e. The molecule has 3 nitrogen and oxygen atoms in total. The molecule has 0 bridgehead atoms. The molecule has 0 aliphatic carbocycles. The van der Waals surface area contributed by atoms with E-state index in [0.717, 1.165) is 28.9 Å². The minimum atomic E-state index is -0.0691. The van der Waals surface area contributed by atoms with Crippen molar-refractivity contribution >= 4 is 11.6 Å². The molecule has 0 heterocycles. The first-order valence-electron chi connectivity index (χ1n) is 6.72. The van der Waals surface area contributed by atoms with Gasteiger partial charge in [-0.2, -0.15) is 0 Å². The third-order valence-corrected chi connectivity index (χ3v) is 3.12. The van der Waals surface area contributed by atoms with E-state index in [4.69, 9.17) is 0 Å². The van der Waals surface area contributed by atoms with Gasteiger partial charge in [0.15, 0.2) is 0 Å². The molecule has 0 aliphatic heterocycles. The van der Waals surface area contributed by atoms with Gasteiger partial charge in [-0.25, -0.2) is 0 Å². The molecule has 0 saturated carbocycles. The molecule has 2 N–H and O–H groups in total. The number of hydrogen-bond donors (Lipinski definition) is 2. The first-order valence-corrected chi connectivity index (χ1v) is 6.72. The largest absolute Gasteiger partial charge is 0.322 e. The Morgan fingerprint density at radius 2 is 1.70 bits per heavy atom. The molecule has 0 spiro atoms. The summed E-state index contributed by atoms with van der Waals surface area (Å²) in [6.45, 7) is 4.72. The van der Waals surface area contributed by atoms with Gasteiger partial charge in [-0.15, -0.1) is 0 Å². The molecule has 20 heavy (non-hydrogen) atoms. The smallest absolute Gasteiger partial charge is 0.255 e. The number of rotatable bonds is 4. The third kappa shape index (κ3) is 3.45. The van der Waals surface area contributed by atoms with Crippen molar-refractivity contribution in [2.45, 2.75) is 20.4 Å². The summed E-state index contributed by atoms with van der Waals surface area (Å²) in [5.41, 5.74) is 4.82. The fourth-order valence-corrected chi connectivity index (χ4v) is 2.29. The molecular formula is C17H20N2O. The Kier molecular flexibility index (Phi) is 4.53. The maximum atomic E-state index is 12.3. The summed E-state index contributed by atoms with van der Waals surface area (Å²) in [7, 11) is 1.89. The number of amides is 1. The fourth-order valence-electron chi connectivity index (χ4n) is 2.29. The Balaban J connectivity index is 2.23. The molecular weight excluding hydrogens is 248 g/mol. The van der Waals surface area contributed by atoms with Crippen molar-refractivity contribution in [3.63, 3.8) is 0 Å². The summed E-state index contributed by atoms with van der Waals surface area (Å²) >= 11 is 0. The standard InChI is InChI=1S/C17H20N2O/c1-12-8-13(2)10-15(9-12)17(20)19-16-7-5-4-6-14(16)11-18-3/h4-10,18H,11H2,1-3H3,(H,19,20). The SMILES string of the molecule is CNCc1ccccc1NC(=O)c1cc(C)cc(C)c1. The van der Waals surface area contributed by atoms with E-state index in [1.165, 1.54) is 0 Å². The molecule has 2 aromatic rings. The first-order chi connectivity index (χ1) is 9.60. The normalized spacial score (nSPS) is 10.3. The van der Waals surface area contributed by atoms with E-state index >= 15 is 0 Å². The van der Waals surface area contributed by atoms with Gasteiger partial charge in [-0.05, 0) is 44.7 Å². The highest BCUT2D eigenvalue weighted by Gasteiger charge is 2.09. The predicted octanol–water partition coefficient (Wildman–Crippen LogP) is 3.28. The summed E-state index contributed by atoms with van der Waals surface area (Å²) in [5, 5.41) is 6.09. The van der Waals surface area contributed by atoms with E-state index in [-0.39, 0.29) is 5.91 Å². The molecule has 3 heteroatoms. The Hall–Kier alpha value is -2.13. The van der Waals surface area contributed by atoms with Gasteiger partial charge in [0.25, 0.3) is 5.91 Å². The van der Waals surface area contributed by atoms with Gasteiger partial charge in [-0.3, -0.25) is 4.79 Å². The van der Waals surface area contributed by atoms with Crippen LogP contribution in [0.25, 0.3) is 0 Å². The van der Waals surface area contributed by atoms with Gasteiger partial charge in [0, 0.05) is 17.8 Å². The lowest BCUT2D eigenvalue weighted by Crippen LogP contribution is -2.15. The second-order valence-electron chi connectivity index (χ2n) is 5.02. The van der Waals surface area contributed by atoms with Crippen LogP contribution in [-0.2, 0) is 6.54 Å². The lowest BCUT2D eigenvalue weighted by atomic mass is 10.1. The van der Waals surface area contributed by atoms with E-state index < -0.39 is 0 Å². The molecule has 104 valence electrons. The lowest BCUT2D eigenvalue weighted by molar-refractivity contribution is 0.102. The number of benzene rings is 2. The monoisotopic (exact) mass is 268 g/mol. The Morgan fingerprint density at radius 1 is 1.05 bits per heavy atom. The number of anilines is 1. The van der Waals surface area contributed by atoms with Gasteiger partial charge < -0.3 is 10.6 Å². The minimum absolute atomic E-state index is 0.0691. The zero-order valence-electron chi connectivity index (χ0n) is 12.2. The molecule has 1 amide bonds. The highest BCUT2D eigenvalue weighted by Crippen LogP contribution is 2.17. The highest BCUT2D eigenvalue weighted by atomic mass is 16.1. The van der Waals surface area contributed by atoms with Crippen molar-refractivity contribution < 1.29 is 4.79 Å². The molecule has 0 unspecified atom stereocenters. The quantitative estimate of drug-likeness (QED) is 0.893. The van der Waals surface area contributed by atoms with Gasteiger partial charge in [0.2, 0.25) is 0 Å². The zero-order chi connectivity index (χ0) is 14.5. The summed E-state index contributed by atoms with van der Waals surface area (Å²) < 4.78 is 0. The lowest BCUT2D eigenvalue weighted by Gasteiger charge is -2.11. The third-order valence-electron chi connectivity index (χ3n) is 3.12. The van der Waals surface area contributed by atoms with E-state index in [9.17, 15) is 4.79 Å². The summed E-state index contributed by atoms with van der Waals surface area (Å²) in [4.78, 5) is 12.3. The number of nitrogens with one attached hydrogen (secondary N) is 2. The molecule has 0 atom stereocenters. The Bertz CT molecular complexity index is 600. The second kappa shape index (κ2) is 6.35. The molecule has 0 fully saturated rings. The van der Waals surface area contributed by atoms with Crippen molar-refractivity contribution in [1.29, 1.82) is 0 Å².